The Kier molecular flexibility index (Phi) is 3.94. The number of rotatable bonds is 1. The molecule has 5 heteroatoms. The molecule has 1 fully saturated rings. The molecular weight excluding hydrogens is 302 g/mol. The predicted molar refractivity (Wildman–Crippen MR) is 91.8 cm³/mol. The third-order valence-corrected chi connectivity index (χ3v) is 4.94. The first kappa shape index (κ1) is 15.1. The molecule has 0 atom stereocenters. The summed E-state index contributed by atoms with van der Waals surface area (Å²) in [6, 6.07) is 8.48. The van der Waals surface area contributed by atoms with Crippen LogP contribution in [0.5, 0.6) is 0 Å². The zero-order valence-electron chi connectivity index (χ0n) is 13.8. The van der Waals surface area contributed by atoms with Crippen LogP contribution in [0.25, 0.3) is 5.70 Å². The van der Waals surface area contributed by atoms with Gasteiger partial charge in [0.25, 0.3) is 0 Å². The fourth-order valence-corrected chi connectivity index (χ4v) is 3.70. The molecule has 0 spiro atoms. The predicted octanol–water partition coefficient (Wildman–Crippen LogP) is 2.41. The van der Waals surface area contributed by atoms with Gasteiger partial charge in [0.15, 0.2) is 5.69 Å². The fraction of sp³-hybridized carbons (Fsp3) is 0.368. The number of esters is 1. The van der Waals surface area contributed by atoms with Crippen molar-refractivity contribution in [3.05, 3.63) is 58.7 Å². The summed E-state index contributed by atoms with van der Waals surface area (Å²) < 4.78 is 7.03. The van der Waals surface area contributed by atoms with E-state index >= 15 is 0 Å². The van der Waals surface area contributed by atoms with Gasteiger partial charge < -0.3 is 10.1 Å². The monoisotopic (exact) mass is 323 g/mol. The minimum absolute atomic E-state index is 0.327. The number of nitrogens with one attached hydrogen (secondary N) is 1. The zero-order chi connectivity index (χ0) is 16.5. The zero-order valence-corrected chi connectivity index (χ0v) is 13.8. The first-order valence-corrected chi connectivity index (χ1v) is 8.41. The lowest BCUT2D eigenvalue weighted by atomic mass is 9.96. The Bertz CT molecular complexity index is 812. The average molecular weight is 323 g/mol. The van der Waals surface area contributed by atoms with Crippen molar-refractivity contribution in [3.63, 3.8) is 0 Å². The van der Waals surface area contributed by atoms with Crippen molar-refractivity contribution < 1.29 is 9.53 Å². The van der Waals surface area contributed by atoms with Gasteiger partial charge in [0.1, 0.15) is 5.82 Å². The number of carbonyl (C=O) groups is 1. The Morgan fingerprint density at radius 1 is 1.17 bits per heavy atom. The minimum Gasteiger partial charge on any atom is -0.464 e. The van der Waals surface area contributed by atoms with Gasteiger partial charge in [0.05, 0.1) is 13.3 Å². The third-order valence-electron chi connectivity index (χ3n) is 4.94. The Labute approximate surface area is 141 Å². The second-order valence-corrected chi connectivity index (χ2v) is 6.31. The minimum atomic E-state index is -0.327. The van der Waals surface area contributed by atoms with Crippen molar-refractivity contribution in [1.82, 2.24) is 14.9 Å². The number of nitrogens with zero attached hydrogens (tertiary/aromatic N) is 2. The van der Waals surface area contributed by atoms with Crippen LogP contribution in [0.4, 0.5) is 0 Å². The molecule has 4 rings (SSSR count). The molecular formula is C19H21N3O2. The van der Waals surface area contributed by atoms with Crippen LogP contribution in [0.15, 0.2) is 36.0 Å². The van der Waals surface area contributed by atoms with Gasteiger partial charge in [-0.25, -0.2) is 9.78 Å². The molecule has 24 heavy (non-hydrogen) atoms. The molecule has 2 aromatic rings. The first-order valence-electron chi connectivity index (χ1n) is 8.41. The number of carbonyl (C=O) groups excluding carboxylic acids is 1. The molecule has 5 nitrogen and oxygen atoms in total. The van der Waals surface area contributed by atoms with Crippen LogP contribution in [0.2, 0.25) is 0 Å². The lowest BCUT2D eigenvalue weighted by Crippen LogP contribution is -2.25. The summed E-state index contributed by atoms with van der Waals surface area (Å²) in [6.07, 6.45) is 5.24. The molecule has 2 aliphatic rings. The quantitative estimate of drug-likeness (QED) is 0.819. The first-order chi connectivity index (χ1) is 11.8. The van der Waals surface area contributed by atoms with Crippen LogP contribution in [-0.4, -0.2) is 35.7 Å². The highest BCUT2D eigenvalue weighted by atomic mass is 16.5. The summed E-state index contributed by atoms with van der Waals surface area (Å²) in [5.74, 6) is 0.591. The van der Waals surface area contributed by atoms with E-state index in [2.05, 4.69) is 34.6 Å². The topological polar surface area (TPSA) is 56.1 Å². The Morgan fingerprint density at radius 2 is 1.88 bits per heavy atom. The number of imidazole rings is 1. The van der Waals surface area contributed by atoms with Gasteiger partial charge in [0.2, 0.25) is 0 Å². The van der Waals surface area contributed by atoms with E-state index in [0.717, 1.165) is 44.6 Å². The van der Waals surface area contributed by atoms with Crippen molar-refractivity contribution in [2.75, 3.05) is 20.2 Å². The van der Waals surface area contributed by atoms with Crippen LogP contribution in [0.1, 0.15) is 40.3 Å². The molecule has 0 saturated carbocycles. The highest BCUT2D eigenvalue weighted by Gasteiger charge is 2.26. The summed E-state index contributed by atoms with van der Waals surface area (Å²) in [5, 5.41) is 3.40. The largest absolute Gasteiger partial charge is 0.464 e. The Balaban J connectivity index is 1.92. The summed E-state index contributed by atoms with van der Waals surface area (Å²) in [6.45, 7) is 1.97. The maximum atomic E-state index is 12.2. The number of hydrogen-bond donors (Lipinski definition) is 1. The molecule has 0 unspecified atom stereocenters. The smallest absolute Gasteiger partial charge is 0.356 e. The molecule has 1 aromatic heterocycles. The van der Waals surface area contributed by atoms with Crippen LogP contribution in [-0.2, 0) is 17.6 Å². The van der Waals surface area contributed by atoms with Gasteiger partial charge in [-0.05, 0) is 42.6 Å². The van der Waals surface area contributed by atoms with E-state index in [1.54, 1.807) is 6.20 Å². The molecule has 1 aromatic carbocycles. The third kappa shape index (κ3) is 2.55. The maximum absolute atomic E-state index is 12.2. The van der Waals surface area contributed by atoms with Gasteiger partial charge >= 0.3 is 5.97 Å². The van der Waals surface area contributed by atoms with Crippen molar-refractivity contribution in [1.29, 1.82) is 0 Å². The fourth-order valence-electron chi connectivity index (χ4n) is 3.70. The van der Waals surface area contributed by atoms with Gasteiger partial charge in [-0.2, -0.15) is 0 Å². The van der Waals surface area contributed by atoms with E-state index in [1.807, 2.05) is 4.57 Å². The number of ether oxygens (including phenoxy) is 1. The summed E-state index contributed by atoms with van der Waals surface area (Å²) in [4.78, 5) is 16.8. The molecule has 1 saturated heterocycles. The molecule has 0 bridgehead atoms. The lowest BCUT2D eigenvalue weighted by Gasteiger charge is -2.22. The van der Waals surface area contributed by atoms with Crippen LogP contribution in [0.3, 0.4) is 0 Å². The van der Waals surface area contributed by atoms with Crippen LogP contribution < -0.4 is 5.32 Å². The maximum Gasteiger partial charge on any atom is 0.356 e. The summed E-state index contributed by atoms with van der Waals surface area (Å²) in [7, 11) is 1.42. The van der Waals surface area contributed by atoms with E-state index in [1.165, 1.54) is 29.5 Å². The normalized spacial score (nSPS) is 17.0. The number of allylic oxidation sites excluding steroid dienone is 1. The van der Waals surface area contributed by atoms with E-state index in [9.17, 15) is 4.79 Å². The molecule has 3 heterocycles. The van der Waals surface area contributed by atoms with Gasteiger partial charge in [-0.15, -0.1) is 0 Å². The average Bonchev–Trinajstić information content (AvgIpc) is 2.96. The van der Waals surface area contributed by atoms with Gasteiger partial charge in [-0.1, -0.05) is 24.3 Å². The highest BCUT2D eigenvalue weighted by molar-refractivity contribution is 5.89. The van der Waals surface area contributed by atoms with E-state index in [4.69, 9.17) is 4.74 Å². The SMILES string of the molecule is COC(=O)c1cnc2n1C(=C1CCNCC1)Cc1ccccc1C2. The number of piperidine rings is 1. The van der Waals surface area contributed by atoms with E-state index < -0.39 is 0 Å². The molecule has 124 valence electrons. The number of methoxy groups -OCH3 is 1. The number of aromatic nitrogens is 2. The molecule has 1 N–H and O–H groups in total. The Morgan fingerprint density at radius 3 is 2.58 bits per heavy atom. The van der Waals surface area contributed by atoms with Gasteiger partial charge in [-0.3, -0.25) is 4.57 Å². The van der Waals surface area contributed by atoms with Gasteiger partial charge in [0, 0.05) is 18.5 Å². The van der Waals surface area contributed by atoms with Crippen molar-refractivity contribution in [2.24, 2.45) is 0 Å². The summed E-state index contributed by atoms with van der Waals surface area (Å²) in [5.41, 5.74) is 5.75. The highest BCUT2D eigenvalue weighted by Crippen LogP contribution is 2.31. The van der Waals surface area contributed by atoms with Crippen molar-refractivity contribution >= 4 is 11.7 Å². The molecule has 0 amide bonds. The van der Waals surface area contributed by atoms with E-state index in [0.29, 0.717) is 5.69 Å². The van der Waals surface area contributed by atoms with Crippen LogP contribution >= 0.6 is 0 Å². The lowest BCUT2D eigenvalue weighted by molar-refractivity contribution is 0.0591. The second-order valence-electron chi connectivity index (χ2n) is 6.31. The number of fused-ring (bicyclic) bond motifs is 2. The standard InChI is InChI=1S/C19H21N3O2/c1-24-19(23)17-12-21-18-11-15-5-3-2-4-14(15)10-16(22(17)18)13-6-8-20-9-7-13/h2-5,12,20H,6-11H2,1H3. The number of benzene rings is 1. The second kappa shape index (κ2) is 6.24. The summed E-state index contributed by atoms with van der Waals surface area (Å²) >= 11 is 0. The molecule has 0 aliphatic carbocycles. The molecule has 2 aliphatic heterocycles. The number of hydrogen-bond acceptors (Lipinski definition) is 4. The van der Waals surface area contributed by atoms with Crippen LogP contribution in [0, 0.1) is 0 Å². The van der Waals surface area contributed by atoms with Crippen molar-refractivity contribution in [2.45, 2.75) is 25.7 Å². The Hall–Kier alpha value is -2.40. The van der Waals surface area contributed by atoms with E-state index in [-0.39, 0.29) is 5.97 Å². The van der Waals surface area contributed by atoms with Crippen molar-refractivity contribution in [3.8, 4) is 0 Å². The molecule has 0 radical (unpaired) electrons.